The van der Waals surface area contributed by atoms with Gasteiger partial charge in [0.25, 0.3) is 5.89 Å². The van der Waals surface area contributed by atoms with Gasteiger partial charge in [0.15, 0.2) is 12.4 Å². The molecule has 1 aliphatic rings. The minimum atomic E-state index is -0.319. The van der Waals surface area contributed by atoms with Gasteiger partial charge in [0.05, 0.1) is 6.42 Å². The quantitative estimate of drug-likeness (QED) is 0.655. The first-order valence-electron chi connectivity index (χ1n) is 9.20. The van der Waals surface area contributed by atoms with Crippen LogP contribution in [0.15, 0.2) is 59.1 Å². The second kappa shape index (κ2) is 8.21. The second-order valence-electron chi connectivity index (χ2n) is 6.78. The van der Waals surface area contributed by atoms with Gasteiger partial charge in [0, 0.05) is 19.0 Å². The average molecular weight is 381 g/mol. The molecule has 0 N–H and O–H groups in total. The highest BCUT2D eigenvalue weighted by Gasteiger charge is 2.30. The van der Waals surface area contributed by atoms with Crippen LogP contribution in [0.25, 0.3) is 0 Å². The molecule has 1 saturated heterocycles. The maximum absolute atomic E-state index is 12.9. The summed E-state index contributed by atoms with van der Waals surface area (Å²) in [5, 5.41) is 4.04. The predicted molar refractivity (Wildman–Crippen MR) is 99.1 cm³/mol. The summed E-state index contributed by atoms with van der Waals surface area (Å²) < 4.78 is 23.7. The number of aromatic nitrogens is 2. The van der Waals surface area contributed by atoms with Gasteiger partial charge in [-0.2, -0.15) is 4.98 Å². The minimum absolute atomic E-state index is 0.0584. The number of carbonyl (C=O) groups is 1. The van der Waals surface area contributed by atoms with E-state index in [0.717, 1.165) is 12.0 Å². The lowest BCUT2D eigenvalue weighted by Gasteiger charge is -2.15. The van der Waals surface area contributed by atoms with E-state index in [0.29, 0.717) is 37.0 Å². The van der Waals surface area contributed by atoms with E-state index >= 15 is 0 Å². The van der Waals surface area contributed by atoms with Crippen molar-refractivity contribution in [3.63, 3.8) is 0 Å². The van der Waals surface area contributed by atoms with Gasteiger partial charge < -0.3 is 14.2 Å². The van der Waals surface area contributed by atoms with Crippen LogP contribution in [0.2, 0.25) is 0 Å². The van der Waals surface area contributed by atoms with E-state index in [-0.39, 0.29) is 24.2 Å². The third-order valence-corrected chi connectivity index (χ3v) is 4.76. The lowest BCUT2D eigenvalue weighted by atomic mass is 10.1. The average Bonchev–Trinajstić information content (AvgIpc) is 3.38. The highest BCUT2D eigenvalue weighted by Crippen LogP contribution is 2.26. The summed E-state index contributed by atoms with van der Waals surface area (Å²) in [6.07, 6.45) is 1.20. The summed E-state index contributed by atoms with van der Waals surface area (Å²) in [6.45, 7) is 1.39. The lowest BCUT2D eigenvalue weighted by Crippen LogP contribution is -2.29. The Morgan fingerprint density at radius 3 is 2.75 bits per heavy atom. The molecule has 144 valence electrons. The molecule has 1 unspecified atom stereocenters. The first kappa shape index (κ1) is 18.2. The van der Waals surface area contributed by atoms with Gasteiger partial charge in [-0.15, -0.1) is 0 Å². The van der Waals surface area contributed by atoms with Crippen LogP contribution in [-0.2, 0) is 17.8 Å². The molecule has 1 aliphatic heterocycles. The van der Waals surface area contributed by atoms with Crippen LogP contribution in [0, 0.1) is 5.82 Å². The Hall–Kier alpha value is -3.22. The Morgan fingerprint density at radius 1 is 1.18 bits per heavy atom. The summed E-state index contributed by atoms with van der Waals surface area (Å²) in [7, 11) is 0. The maximum Gasteiger partial charge on any atom is 0.264 e. The van der Waals surface area contributed by atoms with E-state index in [4.69, 9.17) is 9.26 Å². The largest absolute Gasteiger partial charge is 0.484 e. The molecular formula is C21H20FN3O3. The second-order valence-corrected chi connectivity index (χ2v) is 6.78. The third kappa shape index (κ3) is 4.36. The highest BCUT2D eigenvalue weighted by molar-refractivity contribution is 5.79. The van der Waals surface area contributed by atoms with Crippen molar-refractivity contribution in [2.45, 2.75) is 25.4 Å². The Balaban J connectivity index is 1.30. The standard InChI is InChI=1S/C21H20FN3O3/c22-17-6-8-18(9-7-17)27-14-19-23-21(24-28-19)16-10-11-25(13-16)20(26)12-15-4-2-1-3-5-15/h1-9,16H,10-14H2. The highest BCUT2D eigenvalue weighted by atomic mass is 19.1. The molecular weight excluding hydrogens is 361 g/mol. The number of nitrogens with zero attached hydrogens (tertiary/aromatic N) is 3. The Kier molecular flexibility index (Phi) is 5.32. The van der Waals surface area contributed by atoms with Gasteiger partial charge in [0.1, 0.15) is 11.6 Å². The first-order chi connectivity index (χ1) is 13.7. The minimum Gasteiger partial charge on any atom is -0.484 e. The van der Waals surface area contributed by atoms with Crippen LogP contribution in [-0.4, -0.2) is 34.0 Å². The molecule has 0 spiro atoms. The van der Waals surface area contributed by atoms with E-state index in [2.05, 4.69) is 10.1 Å². The zero-order valence-corrected chi connectivity index (χ0v) is 15.3. The van der Waals surface area contributed by atoms with Gasteiger partial charge in [-0.3, -0.25) is 4.79 Å². The van der Waals surface area contributed by atoms with E-state index in [9.17, 15) is 9.18 Å². The molecule has 0 radical (unpaired) electrons. The van der Waals surface area contributed by atoms with E-state index < -0.39 is 0 Å². The molecule has 3 aromatic rings. The molecule has 2 heterocycles. The maximum atomic E-state index is 12.9. The van der Waals surface area contributed by atoms with Gasteiger partial charge in [-0.05, 0) is 36.2 Å². The van der Waals surface area contributed by atoms with Crippen molar-refractivity contribution >= 4 is 5.91 Å². The number of rotatable bonds is 6. The zero-order valence-electron chi connectivity index (χ0n) is 15.3. The van der Waals surface area contributed by atoms with E-state index in [1.54, 1.807) is 12.1 Å². The molecule has 28 heavy (non-hydrogen) atoms. The lowest BCUT2D eigenvalue weighted by molar-refractivity contribution is -0.129. The fourth-order valence-electron chi connectivity index (χ4n) is 3.25. The summed E-state index contributed by atoms with van der Waals surface area (Å²) in [6, 6.07) is 15.5. The summed E-state index contributed by atoms with van der Waals surface area (Å²) in [5.74, 6) is 1.32. The SMILES string of the molecule is O=C(Cc1ccccc1)N1CCC(c2noc(COc3ccc(F)cc3)n2)C1. The number of benzene rings is 2. The molecule has 0 bridgehead atoms. The predicted octanol–water partition coefficient (Wildman–Crippen LogP) is 3.35. The number of ether oxygens (including phenoxy) is 1. The van der Waals surface area contributed by atoms with Crippen LogP contribution in [0.5, 0.6) is 5.75 Å². The normalized spacial score (nSPS) is 16.3. The Morgan fingerprint density at radius 2 is 1.96 bits per heavy atom. The molecule has 4 rings (SSSR count). The van der Waals surface area contributed by atoms with Crippen molar-refractivity contribution in [1.29, 1.82) is 0 Å². The number of hydrogen-bond donors (Lipinski definition) is 0. The third-order valence-electron chi connectivity index (χ3n) is 4.76. The van der Waals surface area contributed by atoms with Crippen LogP contribution in [0.4, 0.5) is 4.39 Å². The van der Waals surface area contributed by atoms with Crippen LogP contribution < -0.4 is 4.74 Å². The Bertz CT molecular complexity index is 928. The monoisotopic (exact) mass is 381 g/mol. The van der Waals surface area contributed by atoms with Crippen molar-refractivity contribution in [3.05, 3.63) is 77.7 Å². The molecule has 0 saturated carbocycles. The van der Waals surface area contributed by atoms with Crippen molar-refractivity contribution in [2.75, 3.05) is 13.1 Å². The molecule has 7 heteroatoms. The van der Waals surface area contributed by atoms with Crippen molar-refractivity contribution < 1.29 is 18.4 Å². The number of likely N-dealkylation sites (tertiary alicyclic amines) is 1. The molecule has 1 amide bonds. The number of carbonyl (C=O) groups excluding carboxylic acids is 1. The van der Waals surface area contributed by atoms with E-state index in [1.165, 1.54) is 12.1 Å². The van der Waals surface area contributed by atoms with Gasteiger partial charge in [-0.1, -0.05) is 35.5 Å². The summed E-state index contributed by atoms with van der Waals surface area (Å²) in [4.78, 5) is 18.7. The van der Waals surface area contributed by atoms with Crippen molar-refractivity contribution in [3.8, 4) is 5.75 Å². The van der Waals surface area contributed by atoms with Crippen molar-refractivity contribution in [1.82, 2.24) is 15.0 Å². The fourth-order valence-corrected chi connectivity index (χ4v) is 3.25. The zero-order chi connectivity index (χ0) is 19.3. The van der Waals surface area contributed by atoms with E-state index in [1.807, 2.05) is 35.2 Å². The topological polar surface area (TPSA) is 68.5 Å². The fraction of sp³-hybridized carbons (Fsp3) is 0.286. The van der Waals surface area contributed by atoms with Crippen LogP contribution in [0.3, 0.4) is 0 Å². The number of amides is 1. The molecule has 2 aromatic carbocycles. The smallest absolute Gasteiger partial charge is 0.264 e. The van der Waals surface area contributed by atoms with Gasteiger partial charge in [-0.25, -0.2) is 4.39 Å². The molecule has 1 atom stereocenters. The molecule has 6 nitrogen and oxygen atoms in total. The van der Waals surface area contributed by atoms with Crippen molar-refractivity contribution in [2.24, 2.45) is 0 Å². The molecule has 0 aliphatic carbocycles. The van der Waals surface area contributed by atoms with Gasteiger partial charge >= 0.3 is 0 Å². The Labute approximate surface area is 161 Å². The summed E-state index contributed by atoms with van der Waals surface area (Å²) in [5.41, 5.74) is 1.01. The number of hydrogen-bond acceptors (Lipinski definition) is 5. The van der Waals surface area contributed by atoms with Crippen LogP contribution in [0.1, 0.15) is 29.6 Å². The number of halogens is 1. The first-order valence-corrected chi connectivity index (χ1v) is 9.20. The summed E-state index contributed by atoms with van der Waals surface area (Å²) >= 11 is 0. The van der Waals surface area contributed by atoms with Gasteiger partial charge in [0.2, 0.25) is 5.91 Å². The molecule has 1 aromatic heterocycles. The molecule has 1 fully saturated rings. The van der Waals surface area contributed by atoms with Crippen LogP contribution >= 0.6 is 0 Å².